The summed E-state index contributed by atoms with van der Waals surface area (Å²) in [5.74, 6) is 0.0115. The van der Waals surface area contributed by atoms with E-state index >= 15 is 0 Å². The predicted molar refractivity (Wildman–Crippen MR) is 123 cm³/mol. The van der Waals surface area contributed by atoms with Crippen LogP contribution in [0.3, 0.4) is 0 Å². The maximum absolute atomic E-state index is 12.2. The van der Waals surface area contributed by atoms with E-state index in [-0.39, 0.29) is 12.1 Å². The summed E-state index contributed by atoms with van der Waals surface area (Å²) in [5, 5.41) is 0. The molecule has 0 aliphatic heterocycles. The summed E-state index contributed by atoms with van der Waals surface area (Å²) in [5.41, 5.74) is 0. The van der Waals surface area contributed by atoms with Gasteiger partial charge in [0.25, 0.3) is 0 Å². The summed E-state index contributed by atoms with van der Waals surface area (Å²) < 4.78 is 5.86. The highest BCUT2D eigenvalue weighted by molar-refractivity contribution is 5.69. The molecule has 0 spiro atoms. The average molecular weight is 398 g/mol. The maximum atomic E-state index is 12.2. The summed E-state index contributed by atoms with van der Waals surface area (Å²) in [6, 6.07) is 0. The quantitative estimate of drug-likeness (QED) is 0.148. The smallest absolute Gasteiger partial charge is 0.306 e. The van der Waals surface area contributed by atoms with Crippen LogP contribution in [0.5, 0.6) is 0 Å². The van der Waals surface area contributed by atoms with Crippen molar-refractivity contribution in [3.63, 3.8) is 0 Å². The summed E-state index contributed by atoms with van der Waals surface area (Å²) in [6.07, 6.45) is 22.2. The number of rotatable bonds is 21. The van der Waals surface area contributed by atoms with E-state index in [0.29, 0.717) is 6.42 Å². The van der Waals surface area contributed by atoms with E-state index in [1.807, 2.05) is 0 Å². The van der Waals surface area contributed by atoms with Crippen molar-refractivity contribution in [1.82, 2.24) is 4.90 Å². The van der Waals surface area contributed by atoms with Crippen LogP contribution in [0, 0.1) is 0 Å². The first-order chi connectivity index (χ1) is 13.6. The Balaban J connectivity index is 4.01. The Bertz CT molecular complexity index is 331. The third kappa shape index (κ3) is 20.2. The molecule has 0 heterocycles. The second-order valence-electron chi connectivity index (χ2n) is 8.84. The fraction of sp³-hybridized carbons (Fsp3) is 0.960. The molecule has 0 radical (unpaired) electrons. The molecule has 0 saturated heterocycles. The van der Waals surface area contributed by atoms with Crippen molar-refractivity contribution in [1.29, 1.82) is 0 Å². The molecule has 0 bridgehead atoms. The van der Waals surface area contributed by atoms with Crippen LogP contribution in [-0.2, 0) is 9.53 Å². The van der Waals surface area contributed by atoms with Gasteiger partial charge < -0.3 is 9.64 Å². The molecular weight excluding hydrogens is 346 g/mol. The fourth-order valence-electron chi connectivity index (χ4n) is 3.70. The van der Waals surface area contributed by atoms with E-state index < -0.39 is 0 Å². The summed E-state index contributed by atoms with van der Waals surface area (Å²) in [7, 11) is 4.10. The Morgan fingerprint density at radius 3 is 1.54 bits per heavy atom. The number of carbonyl (C=O) groups excluding carboxylic acids is 1. The van der Waals surface area contributed by atoms with E-state index in [9.17, 15) is 4.79 Å². The summed E-state index contributed by atoms with van der Waals surface area (Å²) >= 11 is 0. The van der Waals surface area contributed by atoms with Gasteiger partial charge >= 0.3 is 5.97 Å². The largest absolute Gasteiger partial charge is 0.462 e. The van der Waals surface area contributed by atoms with Gasteiger partial charge in [-0.2, -0.15) is 0 Å². The standard InChI is InChI=1S/C25H51NO2/c1-5-7-9-11-13-14-16-18-21-24(20-17-15-12-10-8-6-2)28-25(27)22-19-23-26(3)4/h24H,5-23H2,1-4H3. The second-order valence-corrected chi connectivity index (χ2v) is 8.84. The molecule has 0 saturated carbocycles. The number of hydrogen-bond acceptors (Lipinski definition) is 3. The molecule has 3 nitrogen and oxygen atoms in total. The van der Waals surface area contributed by atoms with Gasteiger partial charge in [0.2, 0.25) is 0 Å². The van der Waals surface area contributed by atoms with Gasteiger partial charge in [-0.25, -0.2) is 0 Å². The lowest BCUT2D eigenvalue weighted by Crippen LogP contribution is -2.20. The van der Waals surface area contributed by atoms with Gasteiger partial charge in [-0.3, -0.25) is 4.79 Å². The zero-order valence-corrected chi connectivity index (χ0v) is 19.8. The van der Waals surface area contributed by atoms with Crippen molar-refractivity contribution >= 4 is 5.97 Å². The van der Waals surface area contributed by atoms with Gasteiger partial charge in [0.15, 0.2) is 0 Å². The first-order valence-electron chi connectivity index (χ1n) is 12.4. The molecule has 168 valence electrons. The molecular formula is C25H51NO2. The minimum atomic E-state index is 0.0115. The highest BCUT2D eigenvalue weighted by Gasteiger charge is 2.14. The Kier molecular flexibility index (Phi) is 20.7. The summed E-state index contributed by atoms with van der Waals surface area (Å²) in [6.45, 7) is 5.48. The number of unbranched alkanes of at least 4 members (excludes halogenated alkanes) is 12. The molecule has 1 atom stereocenters. The molecule has 0 fully saturated rings. The van der Waals surface area contributed by atoms with Crippen LogP contribution in [-0.4, -0.2) is 37.6 Å². The highest BCUT2D eigenvalue weighted by Crippen LogP contribution is 2.18. The molecule has 1 unspecified atom stereocenters. The molecule has 3 heteroatoms. The molecule has 0 amide bonds. The lowest BCUT2D eigenvalue weighted by atomic mass is 10.0. The molecule has 28 heavy (non-hydrogen) atoms. The minimum absolute atomic E-state index is 0.0115. The van der Waals surface area contributed by atoms with Crippen molar-refractivity contribution in [2.75, 3.05) is 20.6 Å². The van der Waals surface area contributed by atoms with E-state index in [4.69, 9.17) is 4.74 Å². The van der Waals surface area contributed by atoms with Gasteiger partial charge in [-0.05, 0) is 52.7 Å². The van der Waals surface area contributed by atoms with Crippen LogP contribution in [0.15, 0.2) is 0 Å². The molecule has 0 aliphatic rings. The van der Waals surface area contributed by atoms with Gasteiger partial charge in [0.05, 0.1) is 0 Å². The molecule has 0 aromatic rings. The van der Waals surface area contributed by atoms with Crippen molar-refractivity contribution in [3.8, 4) is 0 Å². The van der Waals surface area contributed by atoms with Gasteiger partial charge in [-0.15, -0.1) is 0 Å². The zero-order valence-electron chi connectivity index (χ0n) is 19.8. The van der Waals surface area contributed by atoms with Crippen molar-refractivity contribution in [3.05, 3.63) is 0 Å². The Labute approximate surface area is 177 Å². The van der Waals surface area contributed by atoms with Gasteiger partial charge in [-0.1, -0.05) is 90.9 Å². The monoisotopic (exact) mass is 397 g/mol. The Morgan fingerprint density at radius 2 is 1.11 bits per heavy atom. The number of ether oxygens (including phenoxy) is 1. The number of carbonyl (C=O) groups is 1. The van der Waals surface area contributed by atoms with E-state index in [1.165, 1.54) is 89.9 Å². The third-order valence-electron chi connectivity index (χ3n) is 5.54. The van der Waals surface area contributed by atoms with Crippen LogP contribution < -0.4 is 0 Å². The zero-order chi connectivity index (χ0) is 20.9. The van der Waals surface area contributed by atoms with Gasteiger partial charge in [0, 0.05) is 6.42 Å². The van der Waals surface area contributed by atoms with Crippen LogP contribution in [0.2, 0.25) is 0 Å². The predicted octanol–water partition coefficient (Wildman–Crippen LogP) is 7.52. The molecule has 0 N–H and O–H groups in total. The number of esters is 1. The number of nitrogens with zero attached hydrogens (tertiary/aromatic N) is 1. The third-order valence-corrected chi connectivity index (χ3v) is 5.54. The molecule has 0 aromatic carbocycles. The average Bonchev–Trinajstić information content (AvgIpc) is 2.66. The topological polar surface area (TPSA) is 29.5 Å². The van der Waals surface area contributed by atoms with Crippen molar-refractivity contribution in [2.45, 2.75) is 136 Å². The molecule has 0 aliphatic carbocycles. The first kappa shape index (κ1) is 27.4. The maximum Gasteiger partial charge on any atom is 0.306 e. The van der Waals surface area contributed by atoms with E-state index in [0.717, 1.165) is 25.8 Å². The Morgan fingerprint density at radius 1 is 0.679 bits per heavy atom. The Hall–Kier alpha value is -0.570. The first-order valence-corrected chi connectivity index (χ1v) is 12.4. The fourth-order valence-corrected chi connectivity index (χ4v) is 3.70. The van der Waals surface area contributed by atoms with Crippen LogP contribution in [0.25, 0.3) is 0 Å². The van der Waals surface area contributed by atoms with Crippen LogP contribution >= 0.6 is 0 Å². The number of hydrogen-bond donors (Lipinski definition) is 0. The van der Waals surface area contributed by atoms with E-state index in [1.54, 1.807) is 0 Å². The normalized spacial score (nSPS) is 12.5. The van der Waals surface area contributed by atoms with Gasteiger partial charge in [0.1, 0.15) is 6.10 Å². The van der Waals surface area contributed by atoms with Crippen LogP contribution in [0.1, 0.15) is 129 Å². The summed E-state index contributed by atoms with van der Waals surface area (Å²) in [4.78, 5) is 14.3. The second kappa shape index (κ2) is 21.1. The van der Waals surface area contributed by atoms with Crippen molar-refractivity contribution in [2.24, 2.45) is 0 Å². The van der Waals surface area contributed by atoms with E-state index in [2.05, 4.69) is 32.8 Å². The molecule has 0 aromatic heterocycles. The van der Waals surface area contributed by atoms with Crippen LogP contribution in [0.4, 0.5) is 0 Å². The molecule has 0 rings (SSSR count). The highest BCUT2D eigenvalue weighted by atomic mass is 16.5. The van der Waals surface area contributed by atoms with Crippen molar-refractivity contribution < 1.29 is 9.53 Å². The minimum Gasteiger partial charge on any atom is -0.462 e. The lowest BCUT2D eigenvalue weighted by molar-refractivity contribution is -0.150. The SMILES string of the molecule is CCCCCCCCCCC(CCCCCCCC)OC(=O)CCCN(C)C. The lowest BCUT2D eigenvalue weighted by Gasteiger charge is -2.18.